The summed E-state index contributed by atoms with van der Waals surface area (Å²) < 4.78 is 30.4. The summed E-state index contributed by atoms with van der Waals surface area (Å²) >= 11 is 0. The van der Waals surface area contributed by atoms with E-state index >= 15 is 0 Å². The van der Waals surface area contributed by atoms with Gasteiger partial charge < -0.3 is 9.64 Å². The molecule has 2 aliphatic rings. The van der Waals surface area contributed by atoms with E-state index in [1.165, 1.54) is 31.4 Å². The van der Waals surface area contributed by atoms with Gasteiger partial charge in [-0.15, -0.1) is 0 Å². The largest absolute Gasteiger partial charge is 0.452 e. The lowest BCUT2D eigenvalue weighted by atomic mass is 9.78. The van der Waals surface area contributed by atoms with E-state index in [1.807, 2.05) is 4.90 Å². The summed E-state index contributed by atoms with van der Waals surface area (Å²) in [6.07, 6.45) is 7.71. The Bertz CT molecular complexity index is 806. The zero-order chi connectivity index (χ0) is 19.4. The molecule has 8 heteroatoms. The maximum absolute atomic E-state index is 12.6. The van der Waals surface area contributed by atoms with Crippen LogP contribution in [0.1, 0.15) is 48.9 Å². The van der Waals surface area contributed by atoms with Crippen LogP contribution in [0, 0.1) is 5.92 Å². The van der Waals surface area contributed by atoms with E-state index < -0.39 is 16.0 Å². The number of hydrogen-bond acceptors (Lipinski definition) is 5. The number of nitrogens with one attached hydrogen (secondary N) is 1. The molecule has 27 heavy (non-hydrogen) atoms. The SMILES string of the molecule is CS(=O)(=O)Nc1ccccc1C(=O)OCC(=O)N1CCC[C@@H]2CCCC[C@H]21. The van der Waals surface area contributed by atoms with E-state index in [2.05, 4.69) is 4.72 Å². The highest BCUT2D eigenvalue weighted by atomic mass is 32.2. The number of piperidine rings is 1. The van der Waals surface area contributed by atoms with E-state index in [1.54, 1.807) is 12.1 Å². The fraction of sp³-hybridized carbons (Fsp3) is 0.579. The second-order valence-electron chi connectivity index (χ2n) is 7.34. The molecule has 1 saturated heterocycles. The molecule has 0 aromatic heterocycles. The third kappa shape index (κ3) is 5.00. The Morgan fingerprint density at radius 1 is 1.15 bits per heavy atom. The summed E-state index contributed by atoms with van der Waals surface area (Å²) in [6, 6.07) is 6.45. The number of carbonyl (C=O) groups excluding carboxylic acids is 2. The third-order valence-corrected chi connectivity index (χ3v) is 5.92. The Kier molecular flexibility index (Phi) is 6.04. The van der Waals surface area contributed by atoms with Gasteiger partial charge in [-0.2, -0.15) is 0 Å². The van der Waals surface area contributed by atoms with Gasteiger partial charge in [0.15, 0.2) is 6.61 Å². The predicted molar refractivity (Wildman–Crippen MR) is 102 cm³/mol. The van der Waals surface area contributed by atoms with Crippen molar-refractivity contribution >= 4 is 27.6 Å². The van der Waals surface area contributed by atoms with Crippen molar-refractivity contribution in [3.8, 4) is 0 Å². The van der Waals surface area contributed by atoms with Crippen LogP contribution in [-0.2, 0) is 19.6 Å². The maximum Gasteiger partial charge on any atom is 0.340 e. The second-order valence-corrected chi connectivity index (χ2v) is 9.09. The topological polar surface area (TPSA) is 92.8 Å². The monoisotopic (exact) mass is 394 g/mol. The van der Waals surface area contributed by atoms with Crippen molar-refractivity contribution < 1.29 is 22.7 Å². The molecule has 1 aliphatic carbocycles. The molecule has 1 saturated carbocycles. The van der Waals surface area contributed by atoms with E-state index in [0.717, 1.165) is 25.5 Å². The van der Waals surface area contributed by atoms with Crippen LogP contribution in [-0.4, -0.2) is 50.6 Å². The number of esters is 1. The molecule has 1 aromatic rings. The van der Waals surface area contributed by atoms with Gasteiger partial charge in [-0.1, -0.05) is 25.0 Å². The Morgan fingerprint density at radius 3 is 2.63 bits per heavy atom. The third-order valence-electron chi connectivity index (χ3n) is 5.33. The predicted octanol–water partition coefficient (Wildman–Crippen LogP) is 2.40. The molecule has 7 nitrogen and oxygen atoms in total. The van der Waals surface area contributed by atoms with Crippen LogP contribution < -0.4 is 4.72 Å². The zero-order valence-electron chi connectivity index (χ0n) is 15.5. The number of amides is 1. The van der Waals surface area contributed by atoms with Crippen LogP contribution in [0.25, 0.3) is 0 Å². The Morgan fingerprint density at radius 2 is 1.85 bits per heavy atom. The van der Waals surface area contributed by atoms with Gasteiger partial charge >= 0.3 is 5.97 Å². The second kappa shape index (κ2) is 8.29. The van der Waals surface area contributed by atoms with Crippen LogP contribution >= 0.6 is 0 Å². The highest BCUT2D eigenvalue weighted by molar-refractivity contribution is 7.92. The normalized spacial score (nSPS) is 22.6. The van der Waals surface area contributed by atoms with Crippen molar-refractivity contribution in [2.75, 3.05) is 24.1 Å². The minimum absolute atomic E-state index is 0.0879. The van der Waals surface area contributed by atoms with Crippen LogP contribution in [0.3, 0.4) is 0 Å². The molecular formula is C19H26N2O5S. The number of nitrogens with zero attached hydrogens (tertiary/aromatic N) is 1. The van der Waals surface area contributed by atoms with Gasteiger partial charge in [0.2, 0.25) is 10.0 Å². The lowest BCUT2D eigenvalue weighted by Gasteiger charge is -2.44. The lowest BCUT2D eigenvalue weighted by Crippen LogP contribution is -2.50. The molecule has 1 amide bonds. The first kappa shape index (κ1) is 19.7. The first-order valence-corrected chi connectivity index (χ1v) is 11.3. The van der Waals surface area contributed by atoms with Gasteiger partial charge in [0.25, 0.3) is 5.91 Å². The average molecular weight is 394 g/mol. The zero-order valence-corrected chi connectivity index (χ0v) is 16.3. The number of ether oxygens (including phenoxy) is 1. The molecule has 1 aromatic carbocycles. The van der Waals surface area contributed by atoms with Crippen molar-refractivity contribution in [3.63, 3.8) is 0 Å². The highest BCUT2D eigenvalue weighted by Gasteiger charge is 2.35. The number of rotatable bonds is 5. The van der Waals surface area contributed by atoms with Gasteiger partial charge in [-0.3, -0.25) is 9.52 Å². The number of benzene rings is 1. The number of sulfonamides is 1. The molecule has 2 atom stereocenters. The molecule has 0 radical (unpaired) electrons. The molecule has 0 unspecified atom stereocenters. The number of likely N-dealkylation sites (tertiary alicyclic amines) is 1. The summed E-state index contributed by atoms with van der Waals surface area (Å²) in [5.74, 6) is -0.326. The van der Waals surface area contributed by atoms with Crippen molar-refractivity contribution in [2.45, 2.75) is 44.6 Å². The molecule has 2 fully saturated rings. The highest BCUT2D eigenvalue weighted by Crippen LogP contribution is 2.35. The molecule has 1 heterocycles. The minimum atomic E-state index is -3.53. The van der Waals surface area contributed by atoms with Gasteiger partial charge in [0.05, 0.1) is 17.5 Å². The number of anilines is 1. The van der Waals surface area contributed by atoms with E-state index in [-0.39, 0.29) is 29.8 Å². The molecule has 1 N–H and O–H groups in total. The number of carbonyl (C=O) groups is 2. The lowest BCUT2D eigenvalue weighted by molar-refractivity contribution is -0.140. The van der Waals surface area contributed by atoms with E-state index in [4.69, 9.17) is 4.74 Å². The molecule has 0 spiro atoms. The van der Waals surface area contributed by atoms with Crippen LogP contribution in [0.4, 0.5) is 5.69 Å². The van der Waals surface area contributed by atoms with Gasteiger partial charge in [-0.25, -0.2) is 13.2 Å². The van der Waals surface area contributed by atoms with Crippen molar-refractivity contribution in [2.24, 2.45) is 5.92 Å². The maximum atomic E-state index is 12.6. The van der Waals surface area contributed by atoms with Crippen molar-refractivity contribution in [1.82, 2.24) is 4.90 Å². The smallest absolute Gasteiger partial charge is 0.340 e. The first-order chi connectivity index (χ1) is 12.8. The summed E-state index contributed by atoms with van der Waals surface area (Å²) in [6.45, 7) is 0.388. The van der Waals surface area contributed by atoms with Gasteiger partial charge in [0, 0.05) is 12.6 Å². The Balaban J connectivity index is 1.63. The average Bonchev–Trinajstić information content (AvgIpc) is 2.64. The van der Waals surface area contributed by atoms with Crippen molar-refractivity contribution in [3.05, 3.63) is 29.8 Å². The minimum Gasteiger partial charge on any atom is -0.452 e. The fourth-order valence-corrected chi connectivity index (χ4v) is 4.75. The Hall–Kier alpha value is -2.09. The molecule has 0 bridgehead atoms. The van der Waals surface area contributed by atoms with Crippen LogP contribution in [0.5, 0.6) is 0 Å². The molecular weight excluding hydrogens is 368 g/mol. The summed E-state index contributed by atoms with van der Waals surface area (Å²) in [7, 11) is -3.53. The number of para-hydroxylation sites is 1. The quantitative estimate of drug-likeness (QED) is 0.774. The summed E-state index contributed by atoms with van der Waals surface area (Å²) in [5.41, 5.74) is 0.229. The molecule has 3 rings (SSSR count). The first-order valence-electron chi connectivity index (χ1n) is 9.38. The molecule has 1 aliphatic heterocycles. The van der Waals surface area contributed by atoms with Gasteiger partial charge in [0.1, 0.15) is 0 Å². The summed E-state index contributed by atoms with van der Waals surface area (Å²) in [4.78, 5) is 26.9. The van der Waals surface area contributed by atoms with Gasteiger partial charge in [-0.05, 0) is 43.7 Å². The fourth-order valence-electron chi connectivity index (χ4n) is 4.17. The number of fused-ring (bicyclic) bond motifs is 1. The summed E-state index contributed by atoms with van der Waals surface area (Å²) in [5, 5.41) is 0. The van der Waals surface area contributed by atoms with E-state index in [0.29, 0.717) is 12.5 Å². The van der Waals surface area contributed by atoms with Crippen LogP contribution in [0.15, 0.2) is 24.3 Å². The van der Waals surface area contributed by atoms with Crippen LogP contribution in [0.2, 0.25) is 0 Å². The Labute approximate surface area is 160 Å². The van der Waals surface area contributed by atoms with E-state index in [9.17, 15) is 18.0 Å². The molecule has 148 valence electrons. The van der Waals surface area contributed by atoms with Crippen molar-refractivity contribution in [1.29, 1.82) is 0 Å². The standard InChI is InChI=1S/C19H26N2O5S/c1-27(24,25)20-16-10-4-3-9-15(16)19(23)26-13-18(22)21-12-6-8-14-7-2-5-11-17(14)21/h3-4,9-10,14,17,20H,2,5-8,11-13H2,1H3/t14-,17+/m0/s1. The number of hydrogen-bond donors (Lipinski definition) is 1.